The van der Waals surface area contributed by atoms with Crippen LogP contribution < -0.4 is 0 Å². The average molecular weight is 196 g/mol. The first-order chi connectivity index (χ1) is 6.72. The summed E-state index contributed by atoms with van der Waals surface area (Å²) in [7, 11) is 1.62. The van der Waals surface area contributed by atoms with Gasteiger partial charge in [0.15, 0.2) is 0 Å². The molecule has 3 heteroatoms. The fourth-order valence-corrected chi connectivity index (χ4v) is 1.49. The molecule has 0 amide bonds. The number of rotatable bonds is 4. The predicted molar refractivity (Wildman–Crippen MR) is 53.7 cm³/mol. The lowest BCUT2D eigenvalue weighted by atomic mass is 10.00. The Morgan fingerprint density at radius 3 is 2.00 bits per heavy atom. The number of ether oxygens (including phenoxy) is 1. The van der Waals surface area contributed by atoms with Gasteiger partial charge in [-0.1, -0.05) is 12.1 Å². The molecule has 1 rings (SSSR count). The van der Waals surface area contributed by atoms with Crippen LogP contribution in [0.2, 0.25) is 0 Å². The molecular weight excluding hydrogens is 180 g/mol. The monoisotopic (exact) mass is 196 g/mol. The maximum Gasteiger partial charge on any atom is 0.0713 e. The van der Waals surface area contributed by atoms with Crippen LogP contribution in [0.4, 0.5) is 0 Å². The molecule has 14 heavy (non-hydrogen) atoms. The Labute approximate surface area is 84.0 Å². The van der Waals surface area contributed by atoms with Gasteiger partial charge in [0, 0.05) is 7.11 Å². The van der Waals surface area contributed by atoms with Gasteiger partial charge in [0.25, 0.3) is 0 Å². The van der Waals surface area contributed by atoms with Crippen molar-refractivity contribution >= 4 is 0 Å². The van der Waals surface area contributed by atoms with E-state index in [0.717, 1.165) is 22.3 Å². The van der Waals surface area contributed by atoms with Crippen LogP contribution in [-0.2, 0) is 24.6 Å². The minimum atomic E-state index is -0.00358. The molecule has 0 aliphatic heterocycles. The van der Waals surface area contributed by atoms with Crippen molar-refractivity contribution in [1.82, 2.24) is 0 Å². The lowest BCUT2D eigenvalue weighted by Crippen LogP contribution is -1.99. The molecule has 0 fully saturated rings. The summed E-state index contributed by atoms with van der Waals surface area (Å²) in [6, 6.07) is 3.80. The van der Waals surface area contributed by atoms with Crippen LogP contribution in [0.25, 0.3) is 0 Å². The van der Waals surface area contributed by atoms with E-state index < -0.39 is 0 Å². The number of methoxy groups -OCH3 is 1. The maximum absolute atomic E-state index is 9.11. The Bertz CT molecular complexity index is 282. The van der Waals surface area contributed by atoms with Gasteiger partial charge in [-0.15, -0.1) is 0 Å². The molecular formula is C11H16O3. The quantitative estimate of drug-likeness (QED) is 0.758. The lowest BCUT2D eigenvalue weighted by molar-refractivity contribution is 0.184. The van der Waals surface area contributed by atoms with Gasteiger partial charge in [-0.25, -0.2) is 0 Å². The molecule has 3 nitrogen and oxygen atoms in total. The fourth-order valence-electron chi connectivity index (χ4n) is 1.49. The molecule has 0 bridgehead atoms. The summed E-state index contributed by atoms with van der Waals surface area (Å²) >= 11 is 0. The Morgan fingerprint density at radius 1 is 1.14 bits per heavy atom. The molecule has 2 N–H and O–H groups in total. The zero-order valence-corrected chi connectivity index (χ0v) is 8.58. The predicted octanol–water partition coefficient (Wildman–Crippen LogP) is 1.13. The standard InChI is InChI=1S/C11H16O3/c1-8-10(5-12)3-9(7-14-2)4-11(8)6-13/h3-4,12-13H,5-7H2,1-2H3. The Morgan fingerprint density at radius 2 is 1.64 bits per heavy atom. The topological polar surface area (TPSA) is 49.7 Å². The Kier molecular flexibility index (Phi) is 4.07. The second kappa shape index (κ2) is 5.10. The zero-order chi connectivity index (χ0) is 10.6. The number of aliphatic hydroxyl groups is 2. The molecule has 78 valence electrons. The third kappa shape index (κ3) is 2.32. The highest BCUT2D eigenvalue weighted by Gasteiger charge is 2.05. The molecule has 0 saturated heterocycles. The van der Waals surface area contributed by atoms with Crippen LogP contribution in [0, 0.1) is 6.92 Å². The van der Waals surface area contributed by atoms with E-state index in [0.29, 0.717) is 6.61 Å². The highest BCUT2D eigenvalue weighted by Crippen LogP contribution is 2.17. The van der Waals surface area contributed by atoms with Gasteiger partial charge in [-0.3, -0.25) is 0 Å². The molecule has 0 aliphatic rings. The van der Waals surface area contributed by atoms with E-state index in [4.69, 9.17) is 14.9 Å². The average Bonchev–Trinajstić information content (AvgIpc) is 2.20. The third-order valence-corrected chi connectivity index (χ3v) is 2.33. The van der Waals surface area contributed by atoms with Crippen LogP contribution in [0.15, 0.2) is 12.1 Å². The molecule has 0 aromatic heterocycles. The smallest absolute Gasteiger partial charge is 0.0713 e. The van der Waals surface area contributed by atoms with Gasteiger partial charge < -0.3 is 14.9 Å². The summed E-state index contributed by atoms with van der Waals surface area (Å²) in [4.78, 5) is 0. The first kappa shape index (κ1) is 11.2. The van der Waals surface area contributed by atoms with E-state index >= 15 is 0 Å². The summed E-state index contributed by atoms with van der Waals surface area (Å²) in [5.41, 5.74) is 3.63. The number of hydrogen-bond acceptors (Lipinski definition) is 3. The molecule has 0 aliphatic carbocycles. The van der Waals surface area contributed by atoms with Gasteiger partial charge in [0.2, 0.25) is 0 Å². The molecule has 1 aromatic carbocycles. The van der Waals surface area contributed by atoms with Gasteiger partial charge >= 0.3 is 0 Å². The summed E-state index contributed by atoms with van der Waals surface area (Å²) in [5, 5.41) is 18.2. The fraction of sp³-hybridized carbons (Fsp3) is 0.455. The summed E-state index contributed by atoms with van der Waals surface area (Å²) in [5.74, 6) is 0. The first-order valence-corrected chi connectivity index (χ1v) is 4.54. The molecule has 0 radical (unpaired) electrons. The number of benzene rings is 1. The molecule has 0 saturated carbocycles. The van der Waals surface area contributed by atoms with Crippen molar-refractivity contribution < 1.29 is 14.9 Å². The minimum Gasteiger partial charge on any atom is -0.392 e. The van der Waals surface area contributed by atoms with Crippen LogP contribution in [0.1, 0.15) is 22.3 Å². The van der Waals surface area contributed by atoms with Gasteiger partial charge in [0.05, 0.1) is 19.8 Å². The number of aliphatic hydroxyl groups excluding tert-OH is 2. The van der Waals surface area contributed by atoms with Crippen molar-refractivity contribution in [3.05, 3.63) is 34.4 Å². The van der Waals surface area contributed by atoms with E-state index in [-0.39, 0.29) is 13.2 Å². The van der Waals surface area contributed by atoms with Crippen LogP contribution in [-0.4, -0.2) is 17.3 Å². The molecule has 0 atom stereocenters. The highest BCUT2D eigenvalue weighted by molar-refractivity contribution is 5.37. The molecule has 0 spiro atoms. The first-order valence-electron chi connectivity index (χ1n) is 4.54. The summed E-state index contributed by atoms with van der Waals surface area (Å²) in [6.45, 7) is 2.39. The second-order valence-electron chi connectivity index (χ2n) is 3.29. The van der Waals surface area contributed by atoms with Crippen molar-refractivity contribution in [2.24, 2.45) is 0 Å². The van der Waals surface area contributed by atoms with Gasteiger partial charge in [-0.05, 0) is 29.2 Å². The van der Waals surface area contributed by atoms with Crippen molar-refractivity contribution in [2.45, 2.75) is 26.7 Å². The van der Waals surface area contributed by atoms with Crippen LogP contribution in [0.5, 0.6) is 0 Å². The summed E-state index contributed by atoms with van der Waals surface area (Å²) in [6.07, 6.45) is 0. The number of hydrogen-bond donors (Lipinski definition) is 2. The largest absolute Gasteiger partial charge is 0.392 e. The zero-order valence-electron chi connectivity index (χ0n) is 8.58. The van der Waals surface area contributed by atoms with Crippen LogP contribution in [0.3, 0.4) is 0 Å². The normalized spacial score (nSPS) is 10.6. The highest BCUT2D eigenvalue weighted by atomic mass is 16.5. The SMILES string of the molecule is COCc1cc(CO)c(C)c(CO)c1. The molecule has 0 unspecified atom stereocenters. The van der Waals surface area contributed by atoms with Crippen molar-refractivity contribution in [1.29, 1.82) is 0 Å². The van der Waals surface area contributed by atoms with Crippen molar-refractivity contribution in [2.75, 3.05) is 7.11 Å². The van der Waals surface area contributed by atoms with E-state index in [9.17, 15) is 0 Å². The van der Waals surface area contributed by atoms with Crippen LogP contribution >= 0.6 is 0 Å². The molecule has 0 heterocycles. The Balaban J connectivity index is 3.11. The third-order valence-electron chi connectivity index (χ3n) is 2.33. The van der Waals surface area contributed by atoms with E-state index in [1.807, 2.05) is 19.1 Å². The van der Waals surface area contributed by atoms with Crippen molar-refractivity contribution in [3.63, 3.8) is 0 Å². The maximum atomic E-state index is 9.11. The second-order valence-corrected chi connectivity index (χ2v) is 3.29. The minimum absolute atomic E-state index is 0.00358. The van der Waals surface area contributed by atoms with E-state index in [1.165, 1.54) is 0 Å². The lowest BCUT2D eigenvalue weighted by Gasteiger charge is -2.11. The summed E-state index contributed by atoms with van der Waals surface area (Å²) < 4.78 is 5.00. The Hall–Kier alpha value is -0.900. The van der Waals surface area contributed by atoms with Gasteiger partial charge in [0.1, 0.15) is 0 Å². The van der Waals surface area contributed by atoms with E-state index in [2.05, 4.69) is 0 Å². The van der Waals surface area contributed by atoms with Crippen molar-refractivity contribution in [3.8, 4) is 0 Å². The van der Waals surface area contributed by atoms with Gasteiger partial charge in [-0.2, -0.15) is 0 Å². The van der Waals surface area contributed by atoms with E-state index in [1.54, 1.807) is 7.11 Å². The molecule has 1 aromatic rings.